The number of hydrogen-bond acceptors (Lipinski definition) is 0. The maximum atomic E-state index is 3.34. The summed E-state index contributed by atoms with van der Waals surface area (Å²) in [6, 6.07) is 0. The van der Waals surface area contributed by atoms with Crippen molar-refractivity contribution >= 4 is 15.9 Å². The van der Waals surface area contributed by atoms with Crippen molar-refractivity contribution in [2.24, 2.45) is 0 Å². The van der Waals surface area contributed by atoms with Crippen molar-refractivity contribution in [1.82, 2.24) is 4.98 Å². The first-order valence-corrected chi connectivity index (χ1v) is 3.63. The Bertz CT molecular complexity index is 136. The molecule has 0 radical (unpaired) electrons. The molecule has 0 bridgehead atoms. The predicted octanol–water partition coefficient (Wildman–Crippen LogP) is 0.697. The van der Waals surface area contributed by atoms with Crippen LogP contribution in [0.4, 0.5) is 0 Å². The minimum Gasteiger partial charge on any atom is -0.250 e. The Labute approximate surface area is 56.7 Å². The Morgan fingerprint density at radius 1 is 1.62 bits per heavy atom. The van der Waals surface area contributed by atoms with Gasteiger partial charge in [0.15, 0.2) is 0 Å². The van der Waals surface area contributed by atoms with Crippen LogP contribution in [0.25, 0.3) is 0 Å². The molecule has 0 amide bonds. The zero-order chi connectivity index (χ0) is 5.82. The standard InChI is InChI=1S/C5H7BrN2/c6-1-3-8-4-2-7-5-8/h2,4-5H,1,3H2/p+1. The van der Waals surface area contributed by atoms with Crippen LogP contribution >= 0.6 is 15.9 Å². The smallest absolute Gasteiger partial charge is 0.241 e. The van der Waals surface area contributed by atoms with E-state index in [0.717, 1.165) is 11.9 Å². The van der Waals surface area contributed by atoms with Crippen LogP contribution in [0.2, 0.25) is 0 Å². The van der Waals surface area contributed by atoms with E-state index in [1.807, 2.05) is 18.7 Å². The highest BCUT2D eigenvalue weighted by Gasteiger charge is 1.90. The van der Waals surface area contributed by atoms with Gasteiger partial charge in [-0.05, 0) is 0 Å². The van der Waals surface area contributed by atoms with Crippen molar-refractivity contribution < 1.29 is 4.57 Å². The molecule has 0 saturated heterocycles. The number of aromatic amines is 1. The van der Waals surface area contributed by atoms with Crippen molar-refractivity contribution in [2.45, 2.75) is 6.54 Å². The fraction of sp³-hybridized carbons (Fsp3) is 0.400. The van der Waals surface area contributed by atoms with Crippen LogP contribution in [0.3, 0.4) is 0 Å². The van der Waals surface area contributed by atoms with Gasteiger partial charge in [-0.15, -0.1) is 0 Å². The van der Waals surface area contributed by atoms with Crippen LogP contribution in [0.15, 0.2) is 18.7 Å². The minimum absolute atomic E-state index is 1.01. The summed E-state index contributed by atoms with van der Waals surface area (Å²) < 4.78 is 2.08. The van der Waals surface area contributed by atoms with E-state index >= 15 is 0 Å². The van der Waals surface area contributed by atoms with E-state index in [4.69, 9.17) is 0 Å². The Morgan fingerprint density at radius 2 is 2.50 bits per heavy atom. The lowest BCUT2D eigenvalue weighted by molar-refractivity contribution is -0.690. The molecular weight excluding hydrogens is 168 g/mol. The molecular formula is C5H8BrN2+. The first-order valence-electron chi connectivity index (χ1n) is 2.51. The van der Waals surface area contributed by atoms with Crippen LogP contribution in [-0.4, -0.2) is 10.3 Å². The van der Waals surface area contributed by atoms with Gasteiger partial charge in [-0.2, -0.15) is 0 Å². The summed E-state index contributed by atoms with van der Waals surface area (Å²) in [5, 5.41) is 1.01. The average molecular weight is 176 g/mol. The van der Waals surface area contributed by atoms with Gasteiger partial charge in [0.05, 0.1) is 6.54 Å². The van der Waals surface area contributed by atoms with Gasteiger partial charge in [0.25, 0.3) is 0 Å². The largest absolute Gasteiger partial charge is 0.250 e. The van der Waals surface area contributed by atoms with E-state index in [2.05, 4.69) is 25.5 Å². The molecule has 1 N–H and O–H groups in total. The molecule has 8 heavy (non-hydrogen) atoms. The van der Waals surface area contributed by atoms with Gasteiger partial charge in [-0.3, -0.25) is 4.98 Å². The molecule has 1 aromatic rings. The van der Waals surface area contributed by atoms with Gasteiger partial charge in [0.1, 0.15) is 12.4 Å². The molecule has 0 unspecified atom stereocenters. The molecule has 0 aliphatic carbocycles. The van der Waals surface area contributed by atoms with Gasteiger partial charge < -0.3 is 0 Å². The van der Waals surface area contributed by atoms with Crippen molar-refractivity contribution in [3.63, 3.8) is 0 Å². The quantitative estimate of drug-likeness (QED) is 0.505. The van der Waals surface area contributed by atoms with E-state index in [-0.39, 0.29) is 0 Å². The molecule has 1 rings (SSSR count). The van der Waals surface area contributed by atoms with Crippen molar-refractivity contribution in [1.29, 1.82) is 0 Å². The normalized spacial score (nSPS) is 9.62. The van der Waals surface area contributed by atoms with Crippen molar-refractivity contribution in [3.8, 4) is 0 Å². The summed E-state index contributed by atoms with van der Waals surface area (Å²) in [5.74, 6) is 0. The number of nitrogens with zero attached hydrogens (tertiary/aromatic N) is 1. The first kappa shape index (κ1) is 5.82. The fourth-order valence-electron chi connectivity index (χ4n) is 0.557. The van der Waals surface area contributed by atoms with Gasteiger partial charge in [-0.25, -0.2) is 4.57 Å². The lowest BCUT2D eigenvalue weighted by atomic mass is 10.7. The van der Waals surface area contributed by atoms with E-state index < -0.39 is 0 Å². The molecule has 1 aromatic heterocycles. The second-order valence-corrected chi connectivity index (χ2v) is 2.33. The molecule has 1 heterocycles. The lowest BCUT2D eigenvalue weighted by Crippen LogP contribution is -2.30. The van der Waals surface area contributed by atoms with E-state index in [0.29, 0.717) is 0 Å². The Kier molecular flexibility index (Phi) is 2.09. The first-order chi connectivity index (χ1) is 3.93. The summed E-state index contributed by atoms with van der Waals surface area (Å²) in [5.41, 5.74) is 0. The predicted molar refractivity (Wildman–Crippen MR) is 34.8 cm³/mol. The molecule has 2 nitrogen and oxygen atoms in total. The summed E-state index contributed by atoms with van der Waals surface area (Å²) in [6.45, 7) is 1.03. The second kappa shape index (κ2) is 2.87. The van der Waals surface area contributed by atoms with Gasteiger partial charge in [-0.1, -0.05) is 15.9 Å². The molecule has 0 fully saturated rings. The SMILES string of the molecule is BrCC[n+]1cc[nH]c1. The van der Waals surface area contributed by atoms with Gasteiger partial charge in [0.2, 0.25) is 6.33 Å². The number of hydrogen-bond donors (Lipinski definition) is 1. The Morgan fingerprint density at radius 3 is 3.00 bits per heavy atom. The molecule has 0 atom stereocenters. The molecule has 0 aromatic carbocycles. The number of nitrogens with one attached hydrogen (secondary N) is 1. The Balaban J connectivity index is 2.50. The zero-order valence-electron chi connectivity index (χ0n) is 4.47. The van der Waals surface area contributed by atoms with Gasteiger partial charge in [0, 0.05) is 5.33 Å². The minimum atomic E-state index is 1.01. The van der Waals surface area contributed by atoms with E-state index in [1.165, 1.54) is 0 Å². The molecule has 0 saturated carbocycles. The third-order valence-corrected chi connectivity index (χ3v) is 1.30. The molecule has 0 spiro atoms. The third kappa shape index (κ3) is 1.33. The number of imidazole rings is 1. The highest BCUT2D eigenvalue weighted by atomic mass is 79.9. The van der Waals surface area contributed by atoms with E-state index in [1.54, 1.807) is 0 Å². The van der Waals surface area contributed by atoms with E-state index in [9.17, 15) is 0 Å². The monoisotopic (exact) mass is 175 g/mol. The fourth-order valence-corrected chi connectivity index (χ4v) is 0.967. The lowest BCUT2D eigenvalue weighted by Gasteiger charge is -1.84. The van der Waals surface area contributed by atoms with Crippen LogP contribution in [0, 0.1) is 0 Å². The molecule has 0 aliphatic heterocycles. The molecule has 0 aliphatic rings. The average Bonchev–Trinajstić information content (AvgIpc) is 2.19. The van der Waals surface area contributed by atoms with Crippen LogP contribution in [0.5, 0.6) is 0 Å². The molecule has 44 valence electrons. The number of aromatic nitrogens is 2. The summed E-state index contributed by atoms with van der Waals surface area (Å²) in [6.07, 6.45) is 5.84. The number of aryl methyl sites for hydroxylation is 1. The highest BCUT2D eigenvalue weighted by Crippen LogP contribution is 1.77. The maximum absolute atomic E-state index is 3.34. The summed E-state index contributed by atoms with van der Waals surface area (Å²) >= 11 is 3.34. The second-order valence-electron chi connectivity index (χ2n) is 1.54. The maximum Gasteiger partial charge on any atom is 0.241 e. The summed E-state index contributed by atoms with van der Waals surface area (Å²) in [4.78, 5) is 2.96. The summed E-state index contributed by atoms with van der Waals surface area (Å²) in [7, 11) is 0. The van der Waals surface area contributed by atoms with Crippen LogP contribution < -0.4 is 4.57 Å². The van der Waals surface area contributed by atoms with Gasteiger partial charge >= 0.3 is 0 Å². The Hall–Kier alpha value is -0.310. The number of alkyl halides is 1. The van der Waals surface area contributed by atoms with Crippen LogP contribution in [-0.2, 0) is 6.54 Å². The topological polar surface area (TPSA) is 19.7 Å². The van der Waals surface area contributed by atoms with Crippen LogP contribution in [0.1, 0.15) is 0 Å². The van der Waals surface area contributed by atoms with Crippen molar-refractivity contribution in [3.05, 3.63) is 18.7 Å². The zero-order valence-corrected chi connectivity index (χ0v) is 6.06. The number of halogens is 1. The highest BCUT2D eigenvalue weighted by molar-refractivity contribution is 9.09. The number of H-pyrrole nitrogens is 1. The molecule has 3 heteroatoms. The third-order valence-electron chi connectivity index (χ3n) is 0.945. The van der Waals surface area contributed by atoms with Crippen molar-refractivity contribution in [2.75, 3.05) is 5.33 Å². The number of rotatable bonds is 2.